The number of nitroso groups, excluding NO2 is 1. The van der Waals surface area contributed by atoms with Crippen LogP contribution in [0.2, 0.25) is 0 Å². The molecule has 25 heavy (non-hydrogen) atoms. The smallest absolute Gasteiger partial charge is 0.108 e. The van der Waals surface area contributed by atoms with E-state index in [-0.39, 0.29) is 0 Å². The van der Waals surface area contributed by atoms with Crippen LogP contribution in [0.4, 0.5) is 11.4 Å². The Balaban J connectivity index is 1.38. The van der Waals surface area contributed by atoms with E-state index >= 15 is 0 Å². The number of likely N-dealkylation sites (tertiary alicyclic amines) is 1. The molecule has 4 rings (SSSR count). The lowest BCUT2D eigenvalue weighted by atomic mass is 10.0. The molecule has 1 aliphatic heterocycles. The Bertz CT molecular complexity index is 858. The number of hydrogen-bond acceptors (Lipinski definition) is 5. The number of aromatic amines is 1. The van der Waals surface area contributed by atoms with E-state index < -0.39 is 0 Å². The fraction of sp³-hybridized carbons (Fsp3) is 0.316. The lowest BCUT2D eigenvalue weighted by Crippen LogP contribution is -2.41. The summed E-state index contributed by atoms with van der Waals surface area (Å²) in [6.07, 6.45) is 4.21. The van der Waals surface area contributed by atoms with E-state index in [1.165, 1.54) is 18.4 Å². The molecule has 0 aliphatic carbocycles. The van der Waals surface area contributed by atoms with Crippen molar-refractivity contribution in [2.24, 2.45) is 5.18 Å². The Labute approximate surface area is 146 Å². The molecule has 2 heterocycles. The zero-order chi connectivity index (χ0) is 17.1. The highest BCUT2D eigenvalue weighted by molar-refractivity contribution is 5.81. The van der Waals surface area contributed by atoms with E-state index in [1.54, 1.807) is 12.1 Å². The first-order valence-corrected chi connectivity index (χ1v) is 8.64. The van der Waals surface area contributed by atoms with Crippen LogP contribution in [0, 0.1) is 4.91 Å². The molecule has 6 heteroatoms. The van der Waals surface area contributed by atoms with Crippen molar-refractivity contribution in [2.45, 2.75) is 25.4 Å². The molecule has 1 aromatic heterocycles. The third-order valence-electron chi connectivity index (χ3n) is 4.76. The molecule has 1 unspecified atom stereocenters. The molecule has 3 aromatic rings. The minimum Gasteiger partial charge on any atom is -0.381 e. The van der Waals surface area contributed by atoms with Crippen molar-refractivity contribution in [1.29, 1.82) is 0 Å². The fourth-order valence-electron chi connectivity index (χ4n) is 3.51. The molecule has 6 nitrogen and oxygen atoms in total. The van der Waals surface area contributed by atoms with Gasteiger partial charge in [-0.25, -0.2) is 0 Å². The summed E-state index contributed by atoms with van der Waals surface area (Å²) in [4.78, 5) is 13.0. The number of aromatic nitrogens is 2. The van der Waals surface area contributed by atoms with Crippen molar-refractivity contribution < 1.29 is 0 Å². The van der Waals surface area contributed by atoms with Gasteiger partial charge in [0.1, 0.15) is 5.69 Å². The predicted octanol–water partition coefficient (Wildman–Crippen LogP) is 4.04. The maximum absolute atomic E-state index is 10.5. The van der Waals surface area contributed by atoms with E-state index in [4.69, 9.17) is 0 Å². The Morgan fingerprint density at radius 1 is 1.24 bits per heavy atom. The molecule has 2 aromatic carbocycles. The van der Waals surface area contributed by atoms with Gasteiger partial charge in [-0.1, -0.05) is 12.1 Å². The maximum atomic E-state index is 10.5. The maximum Gasteiger partial charge on any atom is 0.108 e. The van der Waals surface area contributed by atoms with E-state index in [2.05, 4.69) is 43.8 Å². The van der Waals surface area contributed by atoms with Crippen molar-refractivity contribution >= 4 is 22.3 Å². The molecule has 0 spiro atoms. The van der Waals surface area contributed by atoms with E-state index in [1.807, 2.05) is 18.3 Å². The summed E-state index contributed by atoms with van der Waals surface area (Å²) in [5, 5.41) is 14.8. The van der Waals surface area contributed by atoms with Crippen LogP contribution in [0.15, 0.2) is 53.8 Å². The number of fused-ring (bicyclic) bond motifs is 1. The van der Waals surface area contributed by atoms with E-state index in [0.29, 0.717) is 11.7 Å². The van der Waals surface area contributed by atoms with Gasteiger partial charge in [-0.05, 0) is 60.5 Å². The van der Waals surface area contributed by atoms with Gasteiger partial charge < -0.3 is 5.32 Å². The van der Waals surface area contributed by atoms with Gasteiger partial charge in [0, 0.05) is 30.2 Å². The highest BCUT2D eigenvalue weighted by Gasteiger charge is 2.20. The minimum atomic E-state index is 0.439. The molecule has 1 saturated heterocycles. The lowest BCUT2D eigenvalue weighted by Gasteiger charge is -2.33. The molecule has 0 radical (unpaired) electrons. The number of benzene rings is 2. The van der Waals surface area contributed by atoms with Gasteiger partial charge in [0.05, 0.1) is 11.7 Å². The minimum absolute atomic E-state index is 0.439. The van der Waals surface area contributed by atoms with Gasteiger partial charge in [-0.3, -0.25) is 10.00 Å². The number of anilines is 1. The van der Waals surface area contributed by atoms with Crippen LogP contribution >= 0.6 is 0 Å². The molecule has 0 bridgehead atoms. The highest BCUT2D eigenvalue weighted by atomic mass is 16.3. The number of rotatable bonds is 5. The van der Waals surface area contributed by atoms with E-state index in [9.17, 15) is 4.91 Å². The summed E-state index contributed by atoms with van der Waals surface area (Å²) >= 11 is 0. The average molecular weight is 335 g/mol. The van der Waals surface area contributed by atoms with Crippen LogP contribution in [0.5, 0.6) is 0 Å². The number of nitrogens with zero attached hydrogens (tertiary/aromatic N) is 3. The van der Waals surface area contributed by atoms with Crippen molar-refractivity contribution in [3.63, 3.8) is 0 Å². The number of hydrogen-bond donors (Lipinski definition) is 2. The topological polar surface area (TPSA) is 73.4 Å². The molecule has 0 saturated carbocycles. The van der Waals surface area contributed by atoms with Crippen molar-refractivity contribution in [3.05, 3.63) is 59.1 Å². The van der Waals surface area contributed by atoms with Crippen molar-refractivity contribution in [2.75, 3.05) is 18.4 Å². The van der Waals surface area contributed by atoms with Gasteiger partial charge in [-0.2, -0.15) is 5.10 Å². The van der Waals surface area contributed by atoms with Gasteiger partial charge in [0.25, 0.3) is 0 Å². The summed E-state index contributed by atoms with van der Waals surface area (Å²) in [5.74, 6) is 0. The van der Waals surface area contributed by atoms with E-state index in [0.717, 1.165) is 36.2 Å². The number of nitrogens with one attached hydrogen (secondary N) is 2. The molecule has 2 N–H and O–H groups in total. The second-order valence-electron chi connectivity index (χ2n) is 6.65. The monoisotopic (exact) mass is 335 g/mol. The molecule has 0 amide bonds. The SMILES string of the molecule is O=Nc1ccc(CN2CCCC(Nc3ccc4[nH]ncc4c3)C2)cc1. The van der Waals surface area contributed by atoms with Crippen LogP contribution < -0.4 is 5.32 Å². The first-order chi connectivity index (χ1) is 12.3. The quantitative estimate of drug-likeness (QED) is 0.690. The second kappa shape index (κ2) is 7.03. The Hall–Kier alpha value is -2.73. The van der Waals surface area contributed by atoms with Crippen LogP contribution in [0.1, 0.15) is 18.4 Å². The standard InChI is InChI=1S/C19H21N5O/c25-23-16-5-3-14(4-6-16)12-24-9-1-2-18(13-24)21-17-7-8-19-15(10-17)11-20-22-19/h3-8,10-11,18,21H,1-2,9,12-13H2,(H,20,22). The first-order valence-electron chi connectivity index (χ1n) is 8.64. The molecular formula is C19H21N5O. The number of H-pyrrole nitrogens is 1. The average Bonchev–Trinajstić information content (AvgIpc) is 3.10. The van der Waals surface area contributed by atoms with Crippen LogP contribution in [-0.2, 0) is 6.54 Å². The Morgan fingerprint density at radius 3 is 2.96 bits per heavy atom. The van der Waals surface area contributed by atoms with Crippen molar-refractivity contribution in [3.8, 4) is 0 Å². The second-order valence-corrected chi connectivity index (χ2v) is 6.65. The van der Waals surface area contributed by atoms with Crippen LogP contribution in [-0.4, -0.2) is 34.2 Å². The van der Waals surface area contributed by atoms with Crippen LogP contribution in [0.25, 0.3) is 10.9 Å². The first kappa shape index (κ1) is 15.8. The van der Waals surface area contributed by atoms with Crippen molar-refractivity contribution in [1.82, 2.24) is 15.1 Å². The zero-order valence-electron chi connectivity index (χ0n) is 14.0. The number of piperidine rings is 1. The van der Waals surface area contributed by atoms with Crippen LogP contribution in [0.3, 0.4) is 0 Å². The van der Waals surface area contributed by atoms with Gasteiger partial charge in [0.15, 0.2) is 0 Å². The largest absolute Gasteiger partial charge is 0.381 e. The molecule has 1 aliphatic rings. The van der Waals surface area contributed by atoms with Gasteiger partial charge in [0.2, 0.25) is 0 Å². The Morgan fingerprint density at radius 2 is 2.12 bits per heavy atom. The summed E-state index contributed by atoms with van der Waals surface area (Å²) in [6.45, 7) is 3.02. The molecular weight excluding hydrogens is 314 g/mol. The lowest BCUT2D eigenvalue weighted by molar-refractivity contribution is 0.208. The summed E-state index contributed by atoms with van der Waals surface area (Å²) < 4.78 is 0. The van der Waals surface area contributed by atoms with Gasteiger partial charge >= 0.3 is 0 Å². The molecule has 1 fully saturated rings. The summed E-state index contributed by atoms with van der Waals surface area (Å²) in [7, 11) is 0. The third-order valence-corrected chi connectivity index (χ3v) is 4.76. The molecule has 128 valence electrons. The molecule has 1 atom stereocenters. The fourth-order valence-corrected chi connectivity index (χ4v) is 3.51. The summed E-state index contributed by atoms with van der Waals surface area (Å²) in [5.41, 5.74) is 3.90. The predicted molar refractivity (Wildman–Crippen MR) is 99.9 cm³/mol. The summed E-state index contributed by atoms with van der Waals surface area (Å²) in [6, 6.07) is 14.3. The Kier molecular flexibility index (Phi) is 4.43. The third kappa shape index (κ3) is 3.69. The zero-order valence-corrected chi connectivity index (χ0v) is 14.0. The highest BCUT2D eigenvalue weighted by Crippen LogP contribution is 2.21. The van der Waals surface area contributed by atoms with Gasteiger partial charge in [-0.15, -0.1) is 4.91 Å². The normalized spacial score (nSPS) is 18.3.